The highest BCUT2D eigenvalue weighted by Crippen LogP contribution is 2.22. The lowest BCUT2D eigenvalue weighted by atomic mass is 10.1. The maximum atomic E-state index is 13.0. The van der Waals surface area contributed by atoms with Gasteiger partial charge in [0.15, 0.2) is 0 Å². The average molecular weight is 492 g/mol. The molecule has 0 saturated carbocycles. The highest BCUT2D eigenvalue weighted by Gasteiger charge is 2.40. The highest BCUT2D eigenvalue weighted by atomic mass is 16.2. The summed E-state index contributed by atoms with van der Waals surface area (Å²) in [5, 5.41) is 3.46. The van der Waals surface area contributed by atoms with Gasteiger partial charge in [-0.25, -0.2) is 10.0 Å². The van der Waals surface area contributed by atoms with E-state index in [4.69, 9.17) is 0 Å². The van der Waals surface area contributed by atoms with Crippen LogP contribution in [0.1, 0.15) is 142 Å². The van der Waals surface area contributed by atoms with Gasteiger partial charge >= 0.3 is 0 Å². The number of rotatable bonds is 23. The van der Waals surface area contributed by atoms with Gasteiger partial charge < -0.3 is 4.90 Å². The molecular weight excluding hydrogens is 434 g/mol. The Hall–Kier alpha value is -1.52. The maximum Gasteiger partial charge on any atom is 0.279 e. The summed E-state index contributed by atoms with van der Waals surface area (Å²) < 4.78 is 0. The lowest BCUT2D eigenvalue weighted by Crippen LogP contribution is -2.42. The van der Waals surface area contributed by atoms with Crippen LogP contribution in [0.15, 0.2) is 11.8 Å². The van der Waals surface area contributed by atoms with Crippen LogP contribution in [0.2, 0.25) is 0 Å². The second-order valence-corrected chi connectivity index (χ2v) is 10.7. The van der Waals surface area contributed by atoms with Crippen LogP contribution >= 0.6 is 0 Å². The molecule has 0 atom stereocenters. The molecule has 5 heteroatoms. The molecule has 1 saturated heterocycles. The molecule has 1 aliphatic rings. The van der Waals surface area contributed by atoms with Gasteiger partial charge in [-0.15, -0.1) is 0 Å². The van der Waals surface area contributed by atoms with E-state index in [1.807, 2.05) is 14.1 Å². The molecule has 1 rings (SSSR count). The monoisotopic (exact) mass is 491 g/mol. The molecule has 35 heavy (non-hydrogen) atoms. The zero-order valence-corrected chi connectivity index (χ0v) is 23.8. The van der Waals surface area contributed by atoms with E-state index in [-0.39, 0.29) is 11.8 Å². The van der Waals surface area contributed by atoms with Crippen molar-refractivity contribution in [1.82, 2.24) is 14.9 Å². The number of carbonyl (C=O) groups is 2. The van der Waals surface area contributed by atoms with Crippen LogP contribution in [0.5, 0.6) is 0 Å². The molecule has 0 aromatic heterocycles. The van der Waals surface area contributed by atoms with E-state index in [0.717, 1.165) is 25.7 Å². The van der Waals surface area contributed by atoms with Gasteiger partial charge in [0.2, 0.25) is 0 Å². The van der Waals surface area contributed by atoms with Crippen LogP contribution in [0.3, 0.4) is 0 Å². The topological polar surface area (TPSA) is 43.9 Å². The second-order valence-electron chi connectivity index (χ2n) is 10.7. The van der Waals surface area contributed by atoms with E-state index in [1.54, 1.807) is 21.1 Å². The standard InChI is InChI=1S/C30H57N3O2/c1-5-7-9-11-13-15-17-19-21-23-25-32-29(34)28(27-31(3)4)30(35)33(32)26-24-22-20-18-16-14-12-10-8-6-2/h27H,5-26H2,1-4H3. The Morgan fingerprint density at radius 1 is 0.514 bits per heavy atom. The highest BCUT2D eigenvalue weighted by molar-refractivity contribution is 6.22. The van der Waals surface area contributed by atoms with Gasteiger partial charge in [-0.1, -0.05) is 129 Å². The first-order valence-corrected chi connectivity index (χ1v) is 15.0. The van der Waals surface area contributed by atoms with Gasteiger partial charge in [-0.3, -0.25) is 9.59 Å². The molecule has 0 aliphatic carbocycles. The zero-order chi connectivity index (χ0) is 25.7. The van der Waals surface area contributed by atoms with Gasteiger partial charge in [-0.05, 0) is 12.8 Å². The zero-order valence-electron chi connectivity index (χ0n) is 23.8. The Morgan fingerprint density at radius 2 is 0.800 bits per heavy atom. The lowest BCUT2D eigenvalue weighted by molar-refractivity contribution is -0.147. The minimum Gasteiger partial charge on any atom is -0.383 e. The molecule has 5 nitrogen and oxygen atoms in total. The maximum absolute atomic E-state index is 13.0. The summed E-state index contributed by atoms with van der Waals surface area (Å²) in [5.74, 6) is -0.238. The molecular formula is C30H57N3O2. The first kappa shape index (κ1) is 31.5. The third kappa shape index (κ3) is 14.0. The summed E-state index contributed by atoms with van der Waals surface area (Å²) in [6.07, 6.45) is 27.1. The lowest BCUT2D eigenvalue weighted by Gasteiger charge is -2.27. The summed E-state index contributed by atoms with van der Waals surface area (Å²) in [4.78, 5) is 27.8. The first-order valence-electron chi connectivity index (χ1n) is 15.0. The molecule has 0 radical (unpaired) electrons. The molecule has 0 aromatic carbocycles. The Kier molecular flexibility index (Phi) is 18.6. The number of amides is 2. The summed E-state index contributed by atoms with van der Waals surface area (Å²) in [5.41, 5.74) is 0.314. The molecule has 1 aliphatic heterocycles. The number of nitrogens with zero attached hydrogens (tertiary/aromatic N) is 3. The van der Waals surface area contributed by atoms with Crippen molar-refractivity contribution in [2.75, 3.05) is 27.2 Å². The number of hydrogen-bond acceptors (Lipinski definition) is 3. The van der Waals surface area contributed by atoms with Crippen molar-refractivity contribution in [3.8, 4) is 0 Å². The third-order valence-electron chi connectivity index (χ3n) is 7.06. The van der Waals surface area contributed by atoms with Gasteiger partial charge in [0, 0.05) is 33.4 Å². The summed E-state index contributed by atoms with van der Waals surface area (Å²) in [6, 6.07) is 0. The molecule has 0 bridgehead atoms. The Bertz CT molecular complexity index is 544. The van der Waals surface area contributed by atoms with Crippen molar-refractivity contribution in [2.24, 2.45) is 0 Å². The molecule has 1 fully saturated rings. The number of unbranched alkanes of at least 4 members (excludes halogenated alkanes) is 18. The van der Waals surface area contributed by atoms with Crippen LogP contribution in [0.4, 0.5) is 0 Å². The molecule has 0 unspecified atom stereocenters. The van der Waals surface area contributed by atoms with Crippen LogP contribution in [0, 0.1) is 0 Å². The summed E-state index contributed by atoms with van der Waals surface area (Å²) >= 11 is 0. The fraction of sp³-hybridized carbons (Fsp3) is 0.867. The van der Waals surface area contributed by atoms with E-state index in [1.165, 1.54) is 103 Å². The van der Waals surface area contributed by atoms with Crippen molar-refractivity contribution >= 4 is 11.8 Å². The molecule has 0 N–H and O–H groups in total. The summed E-state index contributed by atoms with van der Waals surface area (Å²) in [6.45, 7) is 5.83. The van der Waals surface area contributed by atoms with Crippen LogP contribution < -0.4 is 0 Å². The van der Waals surface area contributed by atoms with Gasteiger partial charge in [0.25, 0.3) is 11.8 Å². The number of hydrazine groups is 1. The quantitative estimate of drug-likeness (QED) is 0.0830. The fourth-order valence-corrected chi connectivity index (χ4v) is 4.90. The van der Waals surface area contributed by atoms with Crippen molar-refractivity contribution in [3.63, 3.8) is 0 Å². The predicted octanol–water partition coefficient (Wildman–Crippen LogP) is 7.86. The molecule has 204 valence electrons. The molecule has 0 aromatic rings. The Balaban J connectivity index is 2.35. The van der Waals surface area contributed by atoms with E-state index >= 15 is 0 Å². The average Bonchev–Trinajstić information content (AvgIpc) is 3.05. The van der Waals surface area contributed by atoms with Gasteiger partial charge in [0.05, 0.1) is 0 Å². The Labute approximate surface area is 217 Å². The summed E-state index contributed by atoms with van der Waals surface area (Å²) in [7, 11) is 3.73. The van der Waals surface area contributed by atoms with Crippen LogP contribution in [-0.4, -0.2) is 53.9 Å². The molecule has 2 amide bonds. The third-order valence-corrected chi connectivity index (χ3v) is 7.06. The fourth-order valence-electron chi connectivity index (χ4n) is 4.90. The largest absolute Gasteiger partial charge is 0.383 e. The molecule has 1 heterocycles. The van der Waals surface area contributed by atoms with Crippen LogP contribution in [-0.2, 0) is 9.59 Å². The Morgan fingerprint density at radius 3 is 1.09 bits per heavy atom. The minimum atomic E-state index is -0.119. The van der Waals surface area contributed by atoms with E-state index in [0.29, 0.717) is 18.7 Å². The number of hydrogen-bond donors (Lipinski definition) is 0. The van der Waals surface area contributed by atoms with Crippen molar-refractivity contribution in [1.29, 1.82) is 0 Å². The van der Waals surface area contributed by atoms with Crippen molar-refractivity contribution in [3.05, 3.63) is 11.8 Å². The van der Waals surface area contributed by atoms with Gasteiger partial charge in [-0.2, -0.15) is 0 Å². The second kappa shape index (κ2) is 20.7. The number of carbonyl (C=O) groups excluding carboxylic acids is 2. The SMILES string of the molecule is CCCCCCCCCCCCN1C(=O)C(=CN(C)C)C(=O)N1CCCCCCCCCCCC. The van der Waals surface area contributed by atoms with Crippen LogP contribution in [0.25, 0.3) is 0 Å². The predicted molar refractivity (Wildman–Crippen MR) is 149 cm³/mol. The van der Waals surface area contributed by atoms with Crippen molar-refractivity contribution < 1.29 is 9.59 Å². The normalized spacial score (nSPS) is 13.9. The van der Waals surface area contributed by atoms with E-state index in [9.17, 15) is 9.59 Å². The van der Waals surface area contributed by atoms with E-state index < -0.39 is 0 Å². The van der Waals surface area contributed by atoms with Crippen molar-refractivity contribution in [2.45, 2.75) is 142 Å². The molecule has 0 spiro atoms. The van der Waals surface area contributed by atoms with E-state index in [2.05, 4.69) is 13.8 Å². The smallest absolute Gasteiger partial charge is 0.279 e. The minimum absolute atomic E-state index is 0.119. The van der Waals surface area contributed by atoms with Gasteiger partial charge in [0.1, 0.15) is 5.57 Å². The first-order chi connectivity index (χ1) is 17.0.